The fourth-order valence-electron chi connectivity index (χ4n) is 3.11. The number of benzene rings is 2. The summed E-state index contributed by atoms with van der Waals surface area (Å²) < 4.78 is 28.9. The van der Waals surface area contributed by atoms with Crippen LogP contribution in [0.15, 0.2) is 69.0 Å². The molecule has 8 heteroatoms. The van der Waals surface area contributed by atoms with Crippen molar-refractivity contribution < 1.29 is 8.78 Å². The van der Waals surface area contributed by atoms with Gasteiger partial charge in [0.2, 0.25) is 0 Å². The largest absolute Gasteiger partial charge is 0.284 e. The van der Waals surface area contributed by atoms with E-state index in [0.717, 1.165) is 29.3 Å². The van der Waals surface area contributed by atoms with Crippen LogP contribution in [0.1, 0.15) is 5.56 Å². The van der Waals surface area contributed by atoms with Gasteiger partial charge in [0.1, 0.15) is 16.5 Å². The molecule has 1 aliphatic heterocycles. The van der Waals surface area contributed by atoms with Crippen molar-refractivity contribution in [2.24, 2.45) is 5.10 Å². The van der Waals surface area contributed by atoms with Crippen molar-refractivity contribution in [1.82, 2.24) is 9.66 Å². The molecule has 2 aromatic carbocycles. The topological polar surface area (TPSA) is 47.2 Å². The van der Waals surface area contributed by atoms with Gasteiger partial charge in [-0.2, -0.15) is 9.78 Å². The minimum absolute atomic E-state index is 0.0544. The second-order valence-corrected chi connectivity index (χ2v) is 7.97. The van der Waals surface area contributed by atoms with Gasteiger partial charge in [-0.3, -0.25) is 4.79 Å². The van der Waals surface area contributed by atoms with Gasteiger partial charge in [-0.15, -0.1) is 11.3 Å². The number of nitrogens with zero attached hydrogens (tertiary/aromatic N) is 3. The molecular weight excluding hydrogens is 400 g/mol. The minimum atomic E-state index is -0.577. The summed E-state index contributed by atoms with van der Waals surface area (Å²) in [6.07, 6.45) is 0. The monoisotopic (exact) mass is 411 g/mol. The first-order valence-electron chi connectivity index (χ1n) is 8.37. The third-order valence-corrected chi connectivity index (χ3v) is 6.25. The zero-order chi connectivity index (χ0) is 19.3. The van der Waals surface area contributed by atoms with Gasteiger partial charge in [-0.1, -0.05) is 42.1 Å². The fraction of sp³-hybridized carbons (Fsp3) is 0.0500. The predicted octanol–water partition coefficient (Wildman–Crippen LogP) is 4.76. The molecule has 0 aliphatic carbocycles. The van der Waals surface area contributed by atoms with Crippen LogP contribution in [0.25, 0.3) is 21.3 Å². The highest BCUT2D eigenvalue weighted by atomic mass is 32.2. The molecule has 0 N–H and O–H groups in total. The molecule has 0 saturated heterocycles. The van der Waals surface area contributed by atoms with Crippen LogP contribution in [0.3, 0.4) is 0 Å². The average molecular weight is 411 g/mol. The van der Waals surface area contributed by atoms with E-state index in [-0.39, 0.29) is 11.1 Å². The lowest BCUT2D eigenvalue weighted by Gasteiger charge is -2.16. The molecule has 0 atom stereocenters. The summed E-state index contributed by atoms with van der Waals surface area (Å²) in [7, 11) is 0. The van der Waals surface area contributed by atoms with Crippen molar-refractivity contribution >= 4 is 39.0 Å². The Labute approximate surface area is 166 Å². The molecule has 0 unspecified atom stereocenters. The molecule has 1 aliphatic rings. The molecule has 0 bridgehead atoms. The van der Waals surface area contributed by atoms with Crippen LogP contribution in [-0.2, 0) is 0 Å². The van der Waals surface area contributed by atoms with E-state index in [0.29, 0.717) is 26.8 Å². The molecule has 4 nitrogen and oxygen atoms in total. The van der Waals surface area contributed by atoms with E-state index in [1.807, 2.05) is 35.7 Å². The summed E-state index contributed by atoms with van der Waals surface area (Å²) in [6, 6.07) is 12.8. The van der Waals surface area contributed by atoms with E-state index in [9.17, 15) is 13.6 Å². The van der Waals surface area contributed by atoms with Gasteiger partial charge in [0, 0.05) is 22.3 Å². The van der Waals surface area contributed by atoms with Crippen molar-refractivity contribution in [2.45, 2.75) is 5.16 Å². The number of hydrogen-bond acceptors (Lipinski definition) is 5. The second-order valence-electron chi connectivity index (χ2n) is 6.17. The summed E-state index contributed by atoms with van der Waals surface area (Å²) in [4.78, 5) is 18.4. The summed E-state index contributed by atoms with van der Waals surface area (Å²) in [6.45, 7) is 0. The number of rotatable bonds is 2. The molecule has 4 aromatic rings. The maximum atomic E-state index is 14.2. The highest BCUT2D eigenvalue weighted by Crippen LogP contribution is 2.33. The zero-order valence-electron chi connectivity index (χ0n) is 14.2. The lowest BCUT2D eigenvalue weighted by atomic mass is 10.1. The van der Waals surface area contributed by atoms with Crippen molar-refractivity contribution in [1.29, 1.82) is 0 Å². The minimum Gasteiger partial charge on any atom is -0.266 e. The molecule has 0 saturated carbocycles. The number of fused-ring (bicyclic) bond motifs is 2. The van der Waals surface area contributed by atoms with Crippen LogP contribution in [0.4, 0.5) is 8.78 Å². The Kier molecular flexibility index (Phi) is 4.10. The molecule has 3 heterocycles. The quantitative estimate of drug-likeness (QED) is 0.447. The molecular formula is C20H11F2N3OS2. The summed E-state index contributed by atoms with van der Waals surface area (Å²) in [5.74, 6) is -0.832. The van der Waals surface area contributed by atoms with Crippen LogP contribution < -0.4 is 5.56 Å². The predicted molar refractivity (Wildman–Crippen MR) is 108 cm³/mol. The van der Waals surface area contributed by atoms with E-state index in [1.54, 1.807) is 0 Å². The lowest BCUT2D eigenvalue weighted by molar-refractivity contribution is 0.597. The summed E-state index contributed by atoms with van der Waals surface area (Å²) >= 11 is 2.68. The molecule has 28 heavy (non-hydrogen) atoms. The van der Waals surface area contributed by atoms with E-state index in [2.05, 4.69) is 10.1 Å². The summed E-state index contributed by atoms with van der Waals surface area (Å²) in [5, 5.41) is 7.14. The van der Waals surface area contributed by atoms with Gasteiger partial charge >= 0.3 is 0 Å². The van der Waals surface area contributed by atoms with Crippen molar-refractivity contribution in [3.63, 3.8) is 0 Å². The Morgan fingerprint density at radius 1 is 1.04 bits per heavy atom. The number of thiophene rings is 1. The number of thioether (sulfide) groups is 1. The third kappa shape index (κ3) is 2.76. The van der Waals surface area contributed by atoms with Crippen LogP contribution in [0.5, 0.6) is 0 Å². The van der Waals surface area contributed by atoms with Crippen molar-refractivity contribution in [2.75, 3.05) is 5.75 Å². The summed E-state index contributed by atoms with van der Waals surface area (Å²) in [5.41, 5.74) is 1.74. The Balaban J connectivity index is 1.73. The maximum absolute atomic E-state index is 14.2. The maximum Gasteiger partial charge on any atom is 0.284 e. The van der Waals surface area contributed by atoms with Crippen molar-refractivity contribution in [3.8, 4) is 11.1 Å². The molecule has 5 rings (SSSR count). The van der Waals surface area contributed by atoms with Gasteiger partial charge in [-0.25, -0.2) is 13.8 Å². The van der Waals surface area contributed by atoms with Gasteiger partial charge in [0.15, 0.2) is 5.16 Å². The smallest absolute Gasteiger partial charge is 0.266 e. The first-order chi connectivity index (χ1) is 13.6. The van der Waals surface area contributed by atoms with Crippen molar-refractivity contribution in [3.05, 3.63) is 81.5 Å². The highest BCUT2D eigenvalue weighted by molar-refractivity contribution is 7.99. The lowest BCUT2D eigenvalue weighted by Crippen LogP contribution is -2.26. The highest BCUT2D eigenvalue weighted by Gasteiger charge is 2.23. The van der Waals surface area contributed by atoms with Crippen LogP contribution in [0.2, 0.25) is 0 Å². The third-order valence-electron chi connectivity index (χ3n) is 4.44. The molecule has 0 amide bonds. The number of hydrogen-bond donors (Lipinski definition) is 0. The first-order valence-corrected chi connectivity index (χ1v) is 10.2. The van der Waals surface area contributed by atoms with Gasteiger partial charge in [-0.05, 0) is 23.8 Å². The van der Waals surface area contributed by atoms with Crippen LogP contribution in [0, 0.1) is 11.6 Å². The Hall–Kier alpha value is -2.84. The Morgan fingerprint density at radius 2 is 1.86 bits per heavy atom. The molecule has 0 fully saturated rings. The molecule has 0 radical (unpaired) electrons. The van der Waals surface area contributed by atoms with E-state index >= 15 is 0 Å². The first kappa shape index (κ1) is 17.3. The zero-order valence-corrected chi connectivity index (χ0v) is 15.9. The molecule has 0 spiro atoms. The molecule has 138 valence electrons. The standard InChI is InChI=1S/C20H11F2N3OS2/c21-12-6-7-15(22)13(8-12)16-10-28-20-23-18-17(19(26)25(20)24-16)14(9-27-18)11-4-2-1-3-5-11/h1-9H,10H2. The Morgan fingerprint density at radius 3 is 2.68 bits per heavy atom. The van der Waals surface area contributed by atoms with Gasteiger partial charge in [0.25, 0.3) is 5.56 Å². The van der Waals surface area contributed by atoms with Gasteiger partial charge in [0.05, 0.1) is 11.1 Å². The van der Waals surface area contributed by atoms with Gasteiger partial charge < -0.3 is 0 Å². The van der Waals surface area contributed by atoms with E-state index < -0.39 is 11.6 Å². The Bertz CT molecular complexity index is 1310. The number of aromatic nitrogens is 2. The average Bonchev–Trinajstić information content (AvgIpc) is 3.15. The van der Waals surface area contributed by atoms with E-state index in [4.69, 9.17) is 0 Å². The van der Waals surface area contributed by atoms with Crippen LogP contribution in [-0.4, -0.2) is 21.1 Å². The van der Waals surface area contributed by atoms with Crippen LogP contribution >= 0.6 is 23.1 Å². The molecule has 2 aromatic heterocycles. The van der Waals surface area contributed by atoms with E-state index in [1.165, 1.54) is 27.8 Å². The number of halogens is 2. The SMILES string of the molecule is O=c1c2c(-c3ccccc3)csc2nc2n1N=C(c1cc(F)ccc1F)CS2. The normalized spacial score (nSPS) is 13.4. The fourth-order valence-corrected chi connectivity index (χ4v) is 4.98. The second kappa shape index (κ2) is 6.65.